The third kappa shape index (κ3) is 4.01. The van der Waals surface area contributed by atoms with E-state index in [4.69, 9.17) is 11.6 Å². The zero-order chi connectivity index (χ0) is 17.4. The highest BCUT2D eigenvalue weighted by atomic mass is 35.5. The zero-order valence-electron chi connectivity index (χ0n) is 12.3. The second-order valence-corrected chi connectivity index (χ2v) is 5.39. The van der Waals surface area contributed by atoms with Gasteiger partial charge in [0.05, 0.1) is 10.7 Å². The molecule has 0 bridgehead atoms. The van der Waals surface area contributed by atoms with E-state index in [1.165, 1.54) is 19.2 Å². The number of hydrogen-bond acceptors (Lipinski definition) is 2. The molecule has 23 heavy (non-hydrogen) atoms. The van der Waals surface area contributed by atoms with E-state index in [9.17, 15) is 17.6 Å². The van der Waals surface area contributed by atoms with Crippen LogP contribution in [-0.4, -0.2) is 11.3 Å². The van der Waals surface area contributed by atoms with Gasteiger partial charge in [-0.05, 0) is 43.2 Å². The molecule has 0 spiro atoms. The monoisotopic (exact) mass is 345 g/mol. The van der Waals surface area contributed by atoms with Crippen LogP contribution in [0.1, 0.15) is 18.1 Å². The maximum absolute atomic E-state index is 14.3. The largest absolute Gasteiger partial charge is 0.573 e. The Labute approximate surface area is 135 Å². The van der Waals surface area contributed by atoms with Crippen LogP contribution in [0.2, 0.25) is 5.02 Å². The lowest BCUT2D eigenvalue weighted by molar-refractivity contribution is -0.274. The van der Waals surface area contributed by atoms with E-state index in [1.54, 1.807) is 6.92 Å². The van der Waals surface area contributed by atoms with Crippen molar-refractivity contribution in [3.8, 4) is 17.0 Å². The Balaban J connectivity index is 2.54. The summed E-state index contributed by atoms with van der Waals surface area (Å²) in [6, 6.07) is 3.28. The van der Waals surface area contributed by atoms with Crippen molar-refractivity contribution in [2.75, 3.05) is 0 Å². The van der Waals surface area contributed by atoms with E-state index in [0.29, 0.717) is 11.1 Å². The van der Waals surface area contributed by atoms with Gasteiger partial charge in [0.2, 0.25) is 0 Å². The Morgan fingerprint density at radius 2 is 1.91 bits per heavy atom. The van der Waals surface area contributed by atoms with E-state index in [1.807, 2.05) is 0 Å². The summed E-state index contributed by atoms with van der Waals surface area (Å²) in [6.45, 7) is 6.80. The third-order valence-corrected chi connectivity index (χ3v) is 3.36. The van der Waals surface area contributed by atoms with Crippen LogP contribution < -0.4 is 4.74 Å². The summed E-state index contributed by atoms with van der Waals surface area (Å²) in [4.78, 5) is 4.05. The van der Waals surface area contributed by atoms with E-state index >= 15 is 0 Å². The molecular formula is C16H12ClF4NO. The number of pyridine rings is 1. The van der Waals surface area contributed by atoms with Crippen LogP contribution in [0.4, 0.5) is 17.6 Å². The summed E-state index contributed by atoms with van der Waals surface area (Å²) in [5.74, 6) is -1.21. The molecule has 7 heteroatoms. The van der Waals surface area contributed by atoms with Gasteiger partial charge in [-0.2, -0.15) is 0 Å². The van der Waals surface area contributed by atoms with Crippen molar-refractivity contribution < 1.29 is 22.3 Å². The Hall–Kier alpha value is -2.08. The van der Waals surface area contributed by atoms with Crippen molar-refractivity contribution >= 4 is 17.2 Å². The number of allylic oxidation sites excluding steroid dienone is 1. The topological polar surface area (TPSA) is 22.1 Å². The summed E-state index contributed by atoms with van der Waals surface area (Å²) < 4.78 is 55.2. The van der Waals surface area contributed by atoms with E-state index in [-0.39, 0.29) is 21.8 Å². The van der Waals surface area contributed by atoms with Crippen LogP contribution in [0.3, 0.4) is 0 Å². The lowest BCUT2D eigenvalue weighted by Gasteiger charge is -2.13. The van der Waals surface area contributed by atoms with Gasteiger partial charge in [0.1, 0.15) is 11.6 Å². The van der Waals surface area contributed by atoms with Crippen molar-refractivity contribution in [2.45, 2.75) is 20.2 Å². The molecule has 0 N–H and O–H groups in total. The van der Waals surface area contributed by atoms with E-state index in [0.717, 1.165) is 12.1 Å². The highest BCUT2D eigenvalue weighted by Crippen LogP contribution is 2.33. The minimum Gasteiger partial charge on any atom is -0.406 e. The SMILES string of the molecule is C=C(C)c1cnc(-c2cc(OC(F)(F)F)cc(C)c2F)cc1Cl. The fourth-order valence-corrected chi connectivity index (χ4v) is 2.32. The highest BCUT2D eigenvalue weighted by Gasteiger charge is 2.31. The van der Waals surface area contributed by atoms with Crippen LogP contribution >= 0.6 is 11.6 Å². The molecule has 0 fully saturated rings. The first-order valence-electron chi connectivity index (χ1n) is 6.46. The van der Waals surface area contributed by atoms with E-state index in [2.05, 4.69) is 16.3 Å². The molecule has 0 amide bonds. The standard InChI is InChI=1S/C16H12ClF4NO/c1-8(2)12-7-22-14(6-13(12)17)11-5-10(23-16(19,20)21)4-9(3)15(11)18/h4-7H,1H2,2-3H3. The average molecular weight is 346 g/mol. The van der Waals surface area contributed by atoms with Crippen molar-refractivity contribution in [3.63, 3.8) is 0 Å². The molecule has 2 aromatic rings. The fourth-order valence-electron chi connectivity index (χ4n) is 2.01. The number of rotatable bonds is 3. The normalized spacial score (nSPS) is 11.4. The Morgan fingerprint density at radius 3 is 2.43 bits per heavy atom. The molecule has 1 heterocycles. The number of hydrogen-bond donors (Lipinski definition) is 0. The Bertz CT molecular complexity index is 771. The van der Waals surface area contributed by atoms with Gasteiger partial charge in [-0.3, -0.25) is 4.98 Å². The van der Waals surface area contributed by atoms with Gasteiger partial charge in [0.15, 0.2) is 0 Å². The molecule has 0 atom stereocenters. The molecular weight excluding hydrogens is 334 g/mol. The molecule has 0 aliphatic rings. The van der Waals surface area contributed by atoms with Crippen LogP contribution in [0.15, 0.2) is 31.0 Å². The Kier molecular flexibility index (Phi) is 4.66. The first-order valence-corrected chi connectivity index (χ1v) is 6.84. The number of benzene rings is 1. The number of halogens is 5. The van der Waals surface area contributed by atoms with Gasteiger partial charge in [-0.15, -0.1) is 13.2 Å². The van der Waals surface area contributed by atoms with Gasteiger partial charge in [-0.1, -0.05) is 18.2 Å². The minimum atomic E-state index is -4.86. The van der Waals surface area contributed by atoms with Crippen molar-refractivity contribution in [1.29, 1.82) is 0 Å². The number of ether oxygens (including phenoxy) is 1. The number of aromatic nitrogens is 1. The molecule has 0 aliphatic heterocycles. The average Bonchev–Trinajstić information content (AvgIpc) is 2.40. The van der Waals surface area contributed by atoms with Crippen LogP contribution in [0.5, 0.6) is 5.75 Å². The molecule has 2 nitrogen and oxygen atoms in total. The maximum atomic E-state index is 14.3. The molecule has 0 saturated carbocycles. The maximum Gasteiger partial charge on any atom is 0.573 e. The molecule has 2 rings (SSSR count). The van der Waals surface area contributed by atoms with Gasteiger partial charge >= 0.3 is 6.36 Å². The summed E-state index contributed by atoms with van der Waals surface area (Å²) in [5, 5.41) is 0.279. The first-order chi connectivity index (χ1) is 10.6. The summed E-state index contributed by atoms with van der Waals surface area (Å²) >= 11 is 6.08. The van der Waals surface area contributed by atoms with Crippen molar-refractivity contribution in [1.82, 2.24) is 4.98 Å². The summed E-state index contributed by atoms with van der Waals surface area (Å²) in [6.07, 6.45) is -3.47. The van der Waals surface area contributed by atoms with Crippen LogP contribution in [-0.2, 0) is 0 Å². The molecule has 0 unspecified atom stereocenters. The second kappa shape index (κ2) is 6.20. The van der Waals surface area contributed by atoms with Gasteiger partial charge in [0, 0.05) is 17.3 Å². The number of alkyl halides is 3. The minimum absolute atomic E-state index is 0.00338. The molecule has 122 valence electrons. The Morgan fingerprint density at radius 1 is 1.26 bits per heavy atom. The smallest absolute Gasteiger partial charge is 0.406 e. The van der Waals surface area contributed by atoms with Crippen molar-refractivity contribution in [3.05, 3.63) is 52.9 Å². The molecule has 0 aliphatic carbocycles. The molecule has 0 saturated heterocycles. The summed E-state index contributed by atoms with van der Waals surface area (Å²) in [7, 11) is 0. The third-order valence-electron chi connectivity index (χ3n) is 3.05. The first kappa shape index (κ1) is 17.3. The zero-order valence-corrected chi connectivity index (χ0v) is 13.0. The van der Waals surface area contributed by atoms with Crippen molar-refractivity contribution in [2.24, 2.45) is 0 Å². The van der Waals surface area contributed by atoms with Crippen LogP contribution in [0, 0.1) is 12.7 Å². The lowest BCUT2D eigenvalue weighted by Crippen LogP contribution is -2.17. The van der Waals surface area contributed by atoms with Gasteiger partial charge in [0.25, 0.3) is 0 Å². The summed E-state index contributed by atoms with van der Waals surface area (Å²) in [5.41, 5.74) is 1.23. The second-order valence-electron chi connectivity index (χ2n) is 4.98. The van der Waals surface area contributed by atoms with Gasteiger partial charge in [-0.25, -0.2) is 4.39 Å². The predicted molar refractivity (Wildman–Crippen MR) is 80.8 cm³/mol. The molecule has 1 aromatic carbocycles. The quantitative estimate of drug-likeness (QED) is 0.658. The number of nitrogens with zero attached hydrogens (tertiary/aromatic N) is 1. The van der Waals surface area contributed by atoms with E-state index < -0.39 is 17.9 Å². The number of aryl methyl sites for hydroxylation is 1. The fraction of sp³-hybridized carbons (Fsp3) is 0.188. The van der Waals surface area contributed by atoms with Gasteiger partial charge < -0.3 is 4.74 Å². The molecule has 0 radical (unpaired) electrons. The molecule has 1 aromatic heterocycles. The predicted octanol–water partition coefficient (Wildman–Crippen LogP) is 5.78. The lowest BCUT2D eigenvalue weighted by atomic mass is 10.0. The highest BCUT2D eigenvalue weighted by molar-refractivity contribution is 6.32. The van der Waals surface area contributed by atoms with Crippen LogP contribution in [0.25, 0.3) is 16.8 Å².